The van der Waals surface area contributed by atoms with Crippen LogP contribution in [0.4, 0.5) is 0 Å². The Morgan fingerprint density at radius 1 is 1.00 bits per heavy atom. The Morgan fingerprint density at radius 3 is 2.73 bits per heavy atom. The molecule has 4 aromatic rings. The van der Waals surface area contributed by atoms with Crippen molar-refractivity contribution in [2.45, 2.75) is 37.8 Å². The lowest BCUT2D eigenvalue weighted by molar-refractivity contribution is 0.0922. The average Bonchev–Trinajstić information content (AvgIpc) is 3.30. The van der Waals surface area contributed by atoms with Crippen molar-refractivity contribution in [2.75, 3.05) is 0 Å². The first-order valence-corrected chi connectivity index (χ1v) is 10.2. The molecular formula is C23H22N6O. The normalized spacial score (nSPS) is 18.9. The fourth-order valence-electron chi connectivity index (χ4n) is 4.09. The van der Waals surface area contributed by atoms with Gasteiger partial charge in [0.2, 0.25) is 0 Å². The smallest absolute Gasteiger partial charge is 0.251 e. The number of hydrogen-bond acceptors (Lipinski definition) is 5. The summed E-state index contributed by atoms with van der Waals surface area (Å²) in [5, 5.41) is 8.71. The summed E-state index contributed by atoms with van der Waals surface area (Å²) in [6.45, 7) is 0. The number of fused-ring (bicyclic) bond motifs is 1. The van der Waals surface area contributed by atoms with Gasteiger partial charge in [0.15, 0.2) is 0 Å². The van der Waals surface area contributed by atoms with Crippen LogP contribution in [0.2, 0.25) is 0 Å². The Kier molecular flexibility index (Phi) is 4.93. The van der Waals surface area contributed by atoms with Crippen molar-refractivity contribution in [1.82, 2.24) is 30.0 Å². The van der Waals surface area contributed by atoms with Gasteiger partial charge in [0.25, 0.3) is 5.91 Å². The molecule has 7 nitrogen and oxygen atoms in total. The molecule has 1 amide bonds. The van der Waals surface area contributed by atoms with Crippen LogP contribution in [0.3, 0.4) is 0 Å². The molecule has 5 rings (SSSR count). The third-order valence-electron chi connectivity index (χ3n) is 5.73. The molecule has 0 spiro atoms. The molecule has 3 aromatic heterocycles. The third-order valence-corrected chi connectivity index (χ3v) is 5.73. The summed E-state index contributed by atoms with van der Waals surface area (Å²) in [5.41, 5.74) is 3.38. The highest BCUT2D eigenvalue weighted by atomic mass is 16.1. The zero-order chi connectivity index (χ0) is 20.3. The fourth-order valence-corrected chi connectivity index (χ4v) is 4.09. The van der Waals surface area contributed by atoms with E-state index in [2.05, 4.69) is 25.4 Å². The van der Waals surface area contributed by atoms with Gasteiger partial charge in [0, 0.05) is 47.3 Å². The number of aromatic nitrogens is 5. The molecule has 0 atom stereocenters. The number of hydrogen-bond donors (Lipinski definition) is 1. The monoisotopic (exact) mass is 398 g/mol. The zero-order valence-electron chi connectivity index (χ0n) is 16.5. The van der Waals surface area contributed by atoms with Gasteiger partial charge in [-0.3, -0.25) is 24.4 Å². The summed E-state index contributed by atoms with van der Waals surface area (Å²) >= 11 is 0. The molecule has 1 N–H and O–H groups in total. The highest BCUT2D eigenvalue weighted by Crippen LogP contribution is 2.29. The van der Waals surface area contributed by atoms with Crippen LogP contribution in [0.5, 0.6) is 0 Å². The lowest BCUT2D eigenvalue weighted by Crippen LogP contribution is -2.38. The molecule has 0 bridgehead atoms. The van der Waals surface area contributed by atoms with Crippen LogP contribution in [-0.4, -0.2) is 36.7 Å². The first-order chi connectivity index (χ1) is 14.8. The second-order valence-electron chi connectivity index (χ2n) is 7.69. The minimum atomic E-state index is -0.0202. The quantitative estimate of drug-likeness (QED) is 0.565. The number of amides is 1. The second kappa shape index (κ2) is 8.02. The summed E-state index contributed by atoms with van der Waals surface area (Å²) < 4.78 is 2.03. The van der Waals surface area contributed by atoms with Crippen LogP contribution in [0.1, 0.15) is 42.1 Å². The second-order valence-corrected chi connectivity index (χ2v) is 7.69. The van der Waals surface area contributed by atoms with Crippen LogP contribution < -0.4 is 5.32 Å². The predicted octanol–water partition coefficient (Wildman–Crippen LogP) is 3.80. The average molecular weight is 398 g/mol. The topological polar surface area (TPSA) is 85.6 Å². The minimum Gasteiger partial charge on any atom is -0.349 e. The molecule has 1 fully saturated rings. The predicted molar refractivity (Wildman–Crippen MR) is 114 cm³/mol. The van der Waals surface area contributed by atoms with Gasteiger partial charge in [-0.15, -0.1) is 0 Å². The molecule has 0 saturated heterocycles. The standard InChI is InChI=1S/C23H22N6O/c30-23(17-3-8-21-16(12-17)2-1-9-25-21)28-19-4-6-20(7-5-19)29-15-18(13-27-29)22-14-24-10-11-26-22/h1-3,8-15,19-20H,4-7H2,(H,28,30). The maximum atomic E-state index is 12.7. The van der Waals surface area contributed by atoms with Gasteiger partial charge in [-0.25, -0.2) is 0 Å². The minimum absolute atomic E-state index is 0.0202. The van der Waals surface area contributed by atoms with Crippen molar-refractivity contribution in [1.29, 1.82) is 0 Å². The van der Waals surface area contributed by atoms with Crippen LogP contribution in [-0.2, 0) is 0 Å². The van der Waals surface area contributed by atoms with Gasteiger partial charge >= 0.3 is 0 Å². The summed E-state index contributed by atoms with van der Waals surface area (Å²) in [5.74, 6) is -0.0202. The van der Waals surface area contributed by atoms with E-state index in [1.807, 2.05) is 47.4 Å². The molecule has 1 aliphatic rings. The van der Waals surface area contributed by atoms with Gasteiger partial charge in [-0.2, -0.15) is 5.10 Å². The molecule has 1 aliphatic carbocycles. The molecule has 3 heterocycles. The molecule has 0 aliphatic heterocycles. The Bertz CT molecular complexity index is 1160. The van der Waals surface area contributed by atoms with Gasteiger partial charge in [-0.05, 0) is 49.9 Å². The molecule has 0 radical (unpaired) electrons. The Labute approximate surface area is 174 Å². The number of nitrogens with zero attached hydrogens (tertiary/aromatic N) is 5. The third kappa shape index (κ3) is 3.78. The van der Waals surface area contributed by atoms with E-state index in [9.17, 15) is 4.79 Å². The van der Waals surface area contributed by atoms with E-state index in [0.29, 0.717) is 11.6 Å². The van der Waals surface area contributed by atoms with Crippen LogP contribution in [0.15, 0.2) is 67.5 Å². The van der Waals surface area contributed by atoms with Crippen LogP contribution in [0.25, 0.3) is 22.2 Å². The molecule has 1 aromatic carbocycles. The van der Waals surface area contributed by atoms with Crippen molar-refractivity contribution >= 4 is 16.8 Å². The van der Waals surface area contributed by atoms with Crippen molar-refractivity contribution in [3.8, 4) is 11.3 Å². The van der Waals surface area contributed by atoms with E-state index in [0.717, 1.165) is 47.8 Å². The van der Waals surface area contributed by atoms with Crippen molar-refractivity contribution in [3.05, 3.63) is 73.1 Å². The van der Waals surface area contributed by atoms with Gasteiger partial charge in [0.05, 0.1) is 29.6 Å². The van der Waals surface area contributed by atoms with E-state index < -0.39 is 0 Å². The summed E-state index contributed by atoms with van der Waals surface area (Å²) in [6, 6.07) is 10.0. The Balaban J connectivity index is 1.20. The summed E-state index contributed by atoms with van der Waals surface area (Å²) in [6.07, 6.45) is 14.6. The van der Waals surface area contributed by atoms with E-state index >= 15 is 0 Å². The van der Waals surface area contributed by atoms with Crippen molar-refractivity contribution in [3.63, 3.8) is 0 Å². The Morgan fingerprint density at radius 2 is 1.90 bits per heavy atom. The van der Waals surface area contributed by atoms with E-state index in [1.165, 1.54) is 0 Å². The Hall–Kier alpha value is -3.61. The van der Waals surface area contributed by atoms with Crippen LogP contribution in [0, 0.1) is 0 Å². The number of carbonyl (C=O) groups is 1. The summed E-state index contributed by atoms with van der Waals surface area (Å²) in [4.78, 5) is 25.5. The lowest BCUT2D eigenvalue weighted by Gasteiger charge is -2.29. The number of nitrogens with one attached hydrogen (secondary N) is 1. The molecule has 7 heteroatoms. The molecule has 1 saturated carbocycles. The molecule has 0 unspecified atom stereocenters. The first-order valence-electron chi connectivity index (χ1n) is 10.2. The maximum Gasteiger partial charge on any atom is 0.251 e. The number of pyridine rings is 1. The fraction of sp³-hybridized carbons (Fsp3) is 0.261. The van der Waals surface area contributed by atoms with Crippen molar-refractivity contribution in [2.24, 2.45) is 0 Å². The first kappa shape index (κ1) is 18.4. The van der Waals surface area contributed by atoms with Crippen molar-refractivity contribution < 1.29 is 4.79 Å². The maximum absolute atomic E-state index is 12.7. The highest BCUT2D eigenvalue weighted by Gasteiger charge is 2.24. The summed E-state index contributed by atoms with van der Waals surface area (Å²) in [7, 11) is 0. The SMILES string of the molecule is O=C(NC1CCC(n2cc(-c3cnccn3)cn2)CC1)c1ccc2ncccc2c1. The van der Waals surface area contributed by atoms with Gasteiger partial charge in [0.1, 0.15) is 0 Å². The van der Waals surface area contributed by atoms with Gasteiger partial charge < -0.3 is 5.32 Å². The van der Waals surface area contributed by atoms with Gasteiger partial charge in [-0.1, -0.05) is 6.07 Å². The van der Waals surface area contributed by atoms with Crippen LogP contribution >= 0.6 is 0 Å². The molecule has 30 heavy (non-hydrogen) atoms. The zero-order valence-corrected chi connectivity index (χ0v) is 16.5. The number of carbonyl (C=O) groups excluding carboxylic acids is 1. The number of benzene rings is 1. The van der Waals surface area contributed by atoms with E-state index in [1.54, 1.807) is 24.8 Å². The largest absolute Gasteiger partial charge is 0.349 e. The van der Waals surface area contributed by atoms with E-state index in [4.69, 9.17) is 0 Å². The molecular weight excluding hydrogens is 376 g/mol. The number of rotatable bonds is 4. The molecule has 150 valence electrons. The lowest BCUT2D eigenvalue weighted by atomic mass is 9.91. The van der Waals surface area contributed by atoms with E-state index in [-0.39, 0.29) is 11.9 Å². The highest BCUT2D eigenvalue weighted by molar-refractivity contribution is 5.98.